The third-order valence-corrected chi connectivity index (χ3v) is 12.4. The number of esters is 1. The average molecular weight is 507 g/mol. The van der Waals surface area contributed by atoms with E-state index in [2.05, 4.69) is 41.5 Å². The van der Waals surface area contributed by atoms with Crippen LogP contribution in [0.15, 0.2) is 24.3 Å². The summed E-state index contributed by atoms with van der Waals surface area (Å²) >= 11 is 0. The molecule has 2 nitrogen and oxygen atoms in total. The van der Waals surface area contributed by atoms with Crippen molar-refractivity contribution in [2.45, 2.75) is 125 Å². The molecule has 0 amide bonds. The number of carbonyl (C=O) groups is 1. The van der Waals surface area contributed by atoms with Gasteiger partial charge in [-0.2, -0.15) is 0 Å². The zero-order valence-electron chi connectivity index (χ0n) is 24.7. The molecule has 0 radical (unpaired) electrons. The lowest BCUT2D eigenvalue weighted by Gasteiger charge is -2.61. The number of benzene rings is 1. The van der Waals surface area contributed by atoms with Crippen molar-refractivity contribution in [1.29, 1.82) is 0 Å². The van der Waals surface area contributed by atoms with Crippen LogP contribution in [0.1, 0.15) is 128 Å². The van der Waals surface area contributed by atoms with Gasteiger partial charge in [-0.25, -0.2) is 4.79 Å². The molecule has 9 atom stereocenters. The quantitative estimate of drug-likeness (QED) is 0.344. The zero-order valence-corrected chi connectivity index (χ0v) is 24.7. The highest BCUT2D eigenvalue weighted by molar-refractivity contribution is 5.89. The topological polar surface area (TPSA) is 26.3 Å². The highest BCUT2D eigenvalue weighted by Gasteiger charge is 2.60. The molecule has 5 rings (SSSR count). The number of ether oxygens (including phenoxy) is 1. The Balaban J connectivity index is 1.21. The normalized spacial score (nSPS) is 40.0. The molecule has 0 spiro atoms. The van der Waals surface area contributed by atoms with Crippen LogP contribution in [-0.2, 0) is 4.74 Å². The highest BCUT2D eigenvalue weighted by atomic mass is 16.5. The summed E-state index contributed by atoms with van der Waals surface area (Å²) in [5.41, 5.74) is 2.89. The minimum absolute atomic E-state index is 0.0971. The van der Waals surface area contributed by atoms with Gasteiger partial charge in [0.25, 0.3) is 0 Å². The van der Waals surface area contributed by atoms with Gasteiger partial charge in [0.1, 0.15) is 6.10 Å². The number of hydrogen-bond acceptors (Lipinski definition) is 2. The molecule has 206 valence electrons. The van der Waals surface area contributed by atoms with E-state index in [0.29, 0.717) is 16.4 Å². The second kappa shape index (κ2) is 10.7. The van der Waals surface area contributed by atoms with Crippen molar-refractivity contribution in [3.8, 4) is 0 Å². The van der Waals surface area contributed by atoms with E-state index in [1.165, 1.54) is 69.8 Å². The Morgan fingerprint density at radius 2 is 1.59 bits per heavy atom. The molecular formula is C35H54O2. The maximum absolute atomic E-state index is 12.8. The van der Waals surface area contributed by atoms with Crippen molar-refractivity contribution in [1.82, 2.24) is 0 Å². The number of rotatable bonds is 7. The Kier molecular flexibility index (Phi) is 7.88. The van der Waals surface area contributed by atoms with Crippen LogP contribution in [0.25, 0.3) is 0 Å². The van der Waals surface area contributed by atoms with E-state index in [4.69, 9.17) is 4.74 Å². The Bertz CT molecular complexity index is 933. The van der Waals surface area contributed by atoms with Crippen LogP contribution in [0.3, 0.4) is 0 Å². The number of aryl methyl sites for hydroxylation is 1. The molecule has 0 heterocycles. The Morgan fingerprint density at radius 3 is 2.32 bits per heavy atom. The van der Waals surface area contributed by atoms with Crippen molar-refractivity contribution in [3.63, 3.8) is 0 Å². The van der Waals surface area contributed by atoms with Gasteiger partial charge >= 0.3 is 5.97 Å². The fraction of sp³-hybridized carbons (Fsp3) is 0.800. The Morgan fingerprint density at radius 1 is 0.892 bits per heavy atom. The molecule has 0 bridgehead atoms. The Hall–Kier alpha value is -1.31. The molecule has 4 aliphatic rings. The monoisotopic (exact) mass is 506 g/mol. The van der Waals surface area contributed by atoms with Gasteiger partial charge in [-0.3, -0.25) is 0 Å². The minimum atomic E-state index is -0.129. The highest BCUT2D eigenvalue weighted by Crippen LogP contribution is 2.68. The van der Waals surface area contributed by atoms with E-state index in [1.54, 1.807) is 0 Å². The number of hydrogen-bond donors (Lipinski definition) is 0. The van der Waals surface area contributed by atoms with Crippen LogP contribution in [0, 0.1) is 59.2 Å². The summed E-state index contributed by atoms with van der Waals surface area (Å²) in [6.07, 6.45) is 16.3. The van der Waals surface area contributed by atoms with E-state index < -0.39 is 0 Å². The molecule has 4 aliphatic carbocycles. The summed E-state index contributed by atoms with van der Waals surface area (Å²) in [6.45, 7) is 14.7. The van der Waals surface area contributed by atoms with Crippen LogP contribution in [0.5, 0.6) is 0 Å². The van der Waals surface area contributed by atoms with Crippen molar-refractivity contribution in [2.24, 2.45) is 52.3 Å². The second-order valence-electron chi connectivity index (χ2n) is 14.9. The smallest absolute Gasteiger partial charge is 0.338 e. The van der Waals surface area contributed by atoms with Crippen LogP contribution in [0.4, 0.5) is 0 Å². The van der Waals surface area contributed by atoms with Crippen LogP contribution < -0.4 is 0 Å². The minimum Gasteiger partial charge on any atom is -0.459 e. The van der Waals surface area contributed by atoms with Gasteiger partial charge in [0.2, 0.25) is 0 Å². The summed E-state index contributed by atoms with van der Waals surface area (Å²) in [6, 6.07) is 7.84. The molecule has 0 aromatic heterocycles. The lowest BCUT2D eigenvalue weighted by Crippen LogP contribution is -2.54. The first-order chi connectivity index (χ1) is 17.6. The van der Waals surface area contributed by atoms with Gasteiger partial charge < -0.3 is 4.74 Å². The van der Waals surface area contributed by atoms with Crippen molar-refractivity contribution >= 4 is 5.97 Å². The van der Waals surface area contributed by atoms with Gasteiger partial charge in [0.05, 0.1) is 5.56 Å². The number of carbonyl (C=O) groups excluding carboxylic acids is 1. The molecule has 4 fully saturated rings. The predicted octanol–water partition coefficient (Wildman–Crippen LogP) is 9.64. The molecule has 1 aromatic rings. The molecule has 1 aromatic carbocycles. The van der Waals surface area contributed by atoms with E-state index in [0.717, 1.165) is 54.3 Å². The lowest BCUT2D eigenvalue weighted by atomic mass is 9.44. The SMILES string of the molecule is Cc1ccc(C(=O)OC2CC[C@@]3(C)C(CC[C@H]4[C@@H]5CC[C@H]([C@H](C)CCCC(C)C)[C@@]5(C)CC[C@@H]43)C2)cc1. The Labute approximate surface area is 227 Å². The second-order valence-corrected chi connectivity index (χ2v) is 14.9. The zero-order chi connectivity index (χ0) is 26.4. The fourth-order valence-electron chi connectivity index (χ4n) is 10.3. The lowest BCUT2D eigenvalue weighted by molar-refractivity contribution is -0.130. The molecule has 4 saturated carbocycles. The van der Waals surface area contributed by atoms with E-state index in [1.807, 2.05) is 24.3 Å². The first kappa shape index (κ1) is 27.3. The van der Waals surface area contributed by atoms with Crippen molar-refractivity contribution in [3.05, 3.63) is 35.4 Å². The van der Waals surface area contributed by atoms with Gasteiger partial charge in [-0.15, -0.1) is 0 Å². The van der Waals surface area contributed by atoms with Gasteiger partial charge in [0.15, 0.2) is 0 Å². The van der Waals surface area contributed by atoms with Crippen molar-refractivity contribution < 1.29 is 9.53 Å². The molecule has 0 N–H and O–H groups in total. The summed E-state index contributed by atoms with van der Waals surface area (Å²) in [5, 5.41) is 0. The first-order valence-electron chi connectivity index (χ1n) is 15.9. The summed E-state index contributed by atoms with van der Waals surface area (Å²) in [4.78, 5) is 12.8. The average Bonchev–Trinajstić information content (AvgIpc) is 3.21. The maximum Gasteiger partial charge on any atom is 0.338 e. The maximum atomic E-state index is 12.8. The third-order valence-electron chi connectivity index (χ3n) is 12.4. The summed E-state index contributed by atoms with van der Waals surface area (Å²) in [7, 11) is 0. The molecular weight excluding hydrogens is 452 g/mol. The predicted molar refractivity (Wildman–Crippen MR) is 153 cm³/mol. The number of fused-ring (bicyclic) bond motifs is 5. The van der Waals surface area contributed by atoms with E-state index in [-0.39, 0.29) is 12.1 Å². The van der Waals surface area contributed by atoms with Gasteiger partial charge in [-0.1, -0.05) is 71.6 Å². The van der Waals surface area contributed by atoms with E-state index >= 15 is 0 Å². The largest absolute Gasteiger partial charge is 0.459 e. The van der Waals surface area contributed by atoms with E-state index in [9.17, 15) is 4.79 Å². The molecule has 0 saturated heterocycles. The summed E-state index contributed by atoms with van der Waals surface area (Å²) in [5.74, 6) is 6.01. The fourth-order valence-corrected chi connectivity index (χ4v) is 10.3. The van der Waals surface area contributed by atoms with Crippen molar-refractivity contribution in [2.75, 3.05) is 0 Å². The van der Waals surface area contributed by atoms with Crippen LogP contribution in [-0.4, -0.2) is 12.1 Å². The molecule has 37 heavy (non-hydrogen) atoms. The van der Waals surface area contributed by atoms with Gasteiger partial charge in [-0.05, 0) is 129 Å². The molecule has 2 heteroatoms. The van der Waals surface area contributed by atoms with Crippen LogP contribution in [0.2, 0.25) is 0 Å². The first-order valence-corrected chi connectivity index (χ1v) is 15.9. The van der Waals surface area contributed by atoms with Gasteiger partial charge in [0, 0.05) is 0 Å². The summed E-state index contributed by atoms with van der Waals surface area (Å²) < 4.78 is 6.08. The third kappa shape index (κ3) is 5.17. The molecule has 0 aliphatic heterocycles. The molecule has 2 unspecified atom stereocenters. The van der Waals surface area contributed by atoms with Crippen LogP contribution >= 0.6 is 0 Å². The standard InChI is InChI=1S/C35H54O2/c1-23(2)8-7-9-25(4)30-16-17-31-29-15-14-27-22-28(37-33(36)26-12-10-24(3)11-13-26)18-20-34(27,5)32(29)19-21-35(30,31)6/h10-13,23,25,27-32H,7-9,14-22H2,1-6H3/t25-,27?,28?,29+,30-,31+,32+,34+,35-/m1/s1.